The Morgan fingerprint density at radius 1 is 0.895 bits per heavy atom. The van der Waals surface area contributed by atoms with E-state index in [4.69, 9.17) is 4.84 Å². The van der Waals surface area contributed by atoms with Gasteiger partial charge in [0.2, 0.25) is 0 Å². The van der Waals surface area contributed by atoms with Crippen LogP contribution in [0.3, 0.4) is 0 Å². The summed E-state index contributed by atoms with van der Waals surface area (Å²) in [7, 11) is 0. The highest BCUT2D eigenvalue weighted by Crippen LogP contribution is 2.28. The molecule has 0 spiro atoms. The minimum atomic E-state index is 0.104. The van der Waals surface area contributed by atoms with Crippen molar-refractivity contribution < 1.29 is 4.84 Å². The molecule has 2 heteroatoms. The lowest BCUT2D eigenvalue weighted by Crippen LogP contribution is -2.01. The van der Waals surface area contributed by atoms with Gasteiger partial charge in [0.05, 0.1) is 5.71 Å². The molecule has 0 bridgehead atoms. The molecule has 1 aliphatic rings. The van der Waals surface area contributed by atoms with E-state index in [-0.39, 0.29) is 6.10 Å². The number of benzene rings is 2. The fraction of sp³-hybridized carbons (Fsp3) is 0.235. The number of nitrogens with zero attached hydrogens (tertiary/aromatic N) is 1. The zero-order valence-electron chi connectivity index (χ0n) is 10.8. The summed E-state index contributed by atoms with van der Waals surface area (Å²) in [5, 5.41) is 4.23. The van der Waals surface area contributed by atoms with Gasteiger partial charge < -0.3 is 4.84 Å². The molecule has 19 heavy (non-hydrogen) atoms. The highest BCUT2D eigenvalue weighted by atomic mass is 16.6. The molecule has 0 aromatic heterocycles. The zero-order chi connectivity index (χ0) is 12.9. The van der Waals surface area contributed by atoms with Crippen LogP contribution >= 0.6 is 0 Å². The van der Waals surface area contributed by atoms with Crippen molar-refractivity contribution in [3.8, 4) is 0 Å². The van der Waals surface area contributed by atoms with E-state index in [1.54, 1.807) is 0 Å². The van der Waals surface area contributed by atoms with Crippen LogP contribution in [0.5, 0.6) is 0 Å². The van der Waals surface area contributed by atoms with Gasteiger partial charge in [-0.2, -0.15) is 0 Å². The lowest BCUT2D eigenvalue weighted by atomic mass is 10.0. The Labute approximate surface area is 113 Å². The first-order chi connectivity index (χ1) is 9.42. The zero-order valence-corrected chi connectivity index (χ0v) is 10.8. The third-order valence-corrected chi connectivity index (χ3v) is 3.45. The van der Waals surface area contributed by atoms with Crippen molar-refractivity contribution in [2.24, 2.45) is 5.16 Å². The van der Waals surface area contributed by atoms with Crippen LogP contribution in [0.4, 0.5) is 0 Å². The molecule has 3 rings (SSSR count). The molecular formula is C17H17NO. The molecule has 0 aliphatic carbocycles. The van der Waals surface area contributed by atoms with E-state index in [2.05, 4.69) is 41.6 Å². The van der Waals surface area contributed by atoms with Crippen molar-refractivity contribution in [2.75, 3.05) is 0 Å². The number of aryl methyl sites for hydroxylation is 1. The molecule has 2 nitrogen and oxygen atoms in total. The van der Waals surface area contributed by atoms with E-state index in [0.717, 1.165) is 25.0 Å². The molecule has 96 valence electrons. The number of oxime groups is 1. The molecule has 1 heterocycles. The van der Waals surface area contributed by atoms with E-state index in [1.807, 2.05) is 24.3 Å². The van der Waals surface area contributed by atoms with Crippen molar-refractivity contribution in [2.45, 2.75) is 25.4 Å². The highest BCUT2D eigenvalue weighted by molar-refractivity contribution is 5.85. The minimum Gasteiger partial charge on any atom is -0.387 e. The number of rotatable bonds is 4. The second kappa shape index (κ2) is 5.70. The van der Waals surface area contributed by atoms with Crippen molar-refractivity contribution in [1.29, 1.82) is 0 Å². The second-order valence-corrected chi connectivity index (χ2v) is 4.85. The number of hydrogen-bond donors (Lipinski definition) is 0. The maximum absolute atomic E-state index is 5.53. The van der Waals surface area contributed by atoms with Crippen LogP contribution < -0.4 is 0 Å². The van der Waals surface area contributed by atoms with Gasteiger partial charge in [0.1, 0.15) is 0 Å². The average Bonchev–Trinajstić information content (AvgIpc) is 2.96. The van der Waals surface area contributed by atoms with Gasteiger partial charge in [-0.05, 0) is 24.0 Å². The molecule has 0 saturated carbocycles. The molecule has 0 saturated heterocycles. The van der Waals surface area contributed by atoms with Crippen LogP contribution in [0.25, 0.3) is 0 Å². The Kier molecular flexibility index (Phi) is 3.59. The molecule has 1 atom stereocenters. The third-order valence-electron chi connectivity index (χ3n) is 3.45. The summed E-state index contributed by atoms with van der Waals surface area (Å²) < 4.78 is 0. The normalized spacial score (nSPS) is 17.9. The van der Waals surface area contributed by atoms with E-state index in [1.165, 1.54) is 11.1 Å². The fourth-order valence-corrected chi connectivity index (χ4v) is 2.35. The third kappa shape index (κ3) is 3.02. The summed E-state index contributed by atoms with van der Waals surface area (Å²) in [5.41, 5.74) is 3.73. The Morgan fingerprint density at radius 2 is 1.58 bits per heavy atom. The molecule has 0 radical (unpaired) electrons. The van der Waals surface area contributed by atoms with Gasteiger partial charge in [0.15, 0.2) is 6.10 Å². The van der Waals surface area contributed by atoms with Crippen LogP contribution in [-0.4, -0.2) is 5.71 Å². The largest absolute Gasteiger partial charge is 0.387 e. The topological polar surface area (TPSA) is 21.6 Å². The standard InChI is InChI=1S/C17H17NO/c1-3-7-14(8-4-1)11-12-16-13-17(19-18-16)15-9-5-2-6-10-15/h1-10,17H,11-13H2. The van der Waals surface area contributed by atoms with Crippen molar-refractivity contribution in [3.63, 3.8) is 0 Å². The van der Waals surface area contributed by atoms with Crippen molar-refractivity contribution in [3.05, 3.63) is 71.8 Å². The van der Waals surface area contributed by atoms with E-state index in [0.29, 0.717) is 0 Å². The molecule has 1 aliphatic heterocycles. The second-order valence-electron chi connectivity index (χ2n) is 4.85. The summed E-state index contributed by atoms with van der Waals surface area (Å²) in [6.07, 6.45) is 3.03. The van der Waals surface area contributed by atoms with Crippen molar-refractivity contribution >= 4 is 5.71 Å². The molecule has 2 aromatic carbocycles. The SMILES string of the molecule is c1ccc(CCC2=NOC(c3ccccc3)C2)cc1. The predicted molar refractivity (Wildman–Crippen MR) is 77.1 cm³/mol. The Morgan fingerprint density at radius 3 is 2.32 bits per heavy atom. The summed E-state index contributed by atoms with van der Waals surface area (Å²) >= 11 is 0. The fourth-order valence-electron chi connectivity index (χ4n) is 2.35. The van der Waals surface area contributed by atoms with E-state index >= 15 is 0 Å². The van der Waals surface area contributed by atoms with Gasteiger partial charge >= 0.3 is 0 Å². The minimum absolute atomic E-state index is 0.104. The highest BCUT2D eigenvalue weighted by Gasteiger charge is 2.21. The quantitative estimate of drug-likeness (QED) is 0.800. The first kappa shape index (κ1) is 12.0. The molecule has 2 aromatic rings. The number of hydrogen-bond acceptors (Lipinski definition) is 2. The maximum atomic E-state index is 5.53. The van der Waals surface area contributed by atoms with Gasteiger partial charge in [-0.25, -0.2) is 0 Å². The van der Waals surface area contributed by atoms with Crippen LogP contribution in [0, 0.1) is 0 Å². The lowest BCUT2D eigenvalue weighted by molar-refractivity contribution is 0.0857. The van der Waals surface area contributed by atoms with Gasteiger partial charge in [-0.3, -0.25) is 0 Å². The smallest absolute Gasteiger partial charge is 0.157 e. The lowest BCUT2D eigenvalue weighted by Gasteiger charge is -2.07. The van der Waals surface area contributed by atoms with Gasteiger partial charge in [-0.15, -0.1) is 0 Å². The summed E-state index contributed by atoms with van der Waals surface area (Å²) in [6, 6.07) is 20.8. The molecule has 0 amide bonds. The van der Waals surface area contributed by atoms with Gasteiger partial charge in [0, 0.05) is 6.42 Å². The van der Waals surface area contributed by atoms with Crippen LogP contribution in [0.15, 0.2) is 65.8 Å². The first-order valence-electron chi connectivity index (χ1n) is 6.72. The first-order valence-corrected chi connectivity index (χ1v) is 6.72. The molecular weight excluding hydrogens is 234 g/mol. The van der Waals surface area contributed by atoms with Crippen LogP contribution in [0.1, 0.15) is 30.1 Å². The predicted octanol–water partition coefficient (Wildman–Crippen LogP) is 4.14. The van der Waals surface area contributed by atoms with Crippen molar-refractivity contribution in [1.82, 2.24) is 0 Å². The van der Waals surface area contributed by atoms with Crippen LogP contribution in [0.2, 0.25) is 0 Å². The Balaban J connectivity index is 1.55. The maximum Gasteiger partial charge on any atom is 0.157 e. The van der Waals surface area contributed by atoms with Gasteiger partial charge in [0.25, 0.3) is 0 Å². The molecule has 1 unspecified atom stereocenters. The summed E-state index contributed by atoms with van der Waals surface area (Å²) in [4.78, 5) is 5.53. The Bertz CT molecular complexity index is 548. The van der Waals surface area contributed by atoms with Crippen LogP contribution in [-0.2, 0) is 11.3 Å². The van der Waals surface area contributed by atoms with E-state index < -0.39 is 0 Å². The summed E-state index contributed by atoms with van der Waals surface area (Å²) in [6.45, 7) is 0. The van der Waals surface area contributed by atoms with E-state index in [9.17, 15) is 0 Å². The summed E-state index contributed by atoms with van der Waals surface area (Å²) in [5.74, 6) is 0. The Hall–Kier alpha value is -2.09. The monoisotopic (exact) mass is 251 g/mol. The van der Waals surface area contributed by atoms with Gasteiger partial charge in [-0.1, -0.05) is 65.8 Å². The molecule has 0 fully saturated rings. The molecule has 0 N–H and O–H groups in total. The average molecular weight is 251 g/mol.